The molecule has 1 amide bonds. The van der Waals surface area contributed by atoms with Crippen molar-refractivity contribution in [2.75, 3.05) is 25.1 Å². The SMILES string of the molecule is COc1ccc(-c2ccc(N3CCC(NCc4ccc(/C=C/C(=O)NOC=O)cc4)CC3)c(C#N)c2-c2ccc(C#N)nc2)cc1O. The summed E-state index contributed by atoms with van der Waals surface area (Å²) < 4.78 is 5.22. The fraction of sp³-hybridized carbons (Fsp3) is 0.194. The second kappa shape index (κ2) is 15.2. The molecule has 3 N–H and O–H groups in total. The summed E-state index contributed by atoms with van der Waals surface area (Å²) in [5, 5.41) is 33.9. The number of pyridine rings is 1. The molecule has 0 saturated carbocycles. The minimum Gasteiger partial charge on any atom is -0.504 e. The zero-order valence-corrected chi connectivity index (χ0v) is 25.6. The molecule has 0 spiro atoms. The van der Waals surface area contributed by atoms with Gasteiger partial charge in [-0.25, -0.2) is 4.98 Å². The fourth-order valence-corrected chi connectivity index (χ4v) is 5.60. The van der Waals surface area contributed by atoms with E-state index in [2.05, 4.69) is 26.1 Å². The van der Waals surface area contributed by atoms with Gasteiger partial charge in [0.1, 0.15) is 17.8 Å². The number of nitrogens with one attached hydrogen (secondary N) is 2. The zero-order valence-electron chi connectivity index (χ0n) is 25.6. The van der Waals surface area contributed by atoms with Crippen LogP contribution >= 0.6 is 0 Å². The molecule has 2 heterocycles. The van der Waals surface area contributed by atoms with Crippen LogP contribution in [0.15, 0.2) is 79.0 Å². The summed E-state index contributed by atoms with van der Waals surface area (Å²) >= 11 is 0. The highest BCUT2D eigenvalue weighted by Gasteiger charge is 2.25. The highest BCUT2D eigenvalue weighted by Crippen LogP contribution is 2.42. The van der Waals surface area contributed by atoms with Crippen LogP contribution in [0.25, 0.3) is 28.3 Å². The molecule has 1 fully saturated rings. The smallest absolute Gasteiger partial charge is 0.320 e. The number of nitrogens with zero attached hydrogens (tertiary/aromatic N) is 4. The van der Waals surface area contributed by atoms with Gasteiger partial charge >= 0.3 is 6.47 Å². The lowest BCUT2D eigenvalue weighted by Gasteiger charge is -2.35. The van der Waals surface area contributed by atoms with Crippen molar-refractivity contribution in [3.05, 3.63) is 101 Å². The van der Waals surface area contributed by atoms with Crippen molar-refractivity contribution in [2.24, 2.45) is 0 Å². The third-order valence-corrected chi connectivity index (χ3v) is 8.00. The number of aromatic nitrogens is 1. The first-order valence-corrected chi connectivity index (χ1v) is 14.9. The third-order valence-electron chi connectivity index (χ3n) is 8.00. The molecule has 5 rings (SSSR count). The van der Waals surface area contributed by atoms with Crippen LogP contribution in [0, 0.1) is 22.7 Å². The minimum absolute atomic E-state index is 0.00849. The van der Waals surface area contributed by atoms with E-state index in [9.17, 15) is 25.2 Å². The number of piperidine rings is 1. The zero-order chi connectivity index (χ0) is 33.2. The van der Waals surface area contributed by atoms with Gasteiger partial charge in [0, 0.05) is 49.1 Å². The second-order valence-electron chi connectivity index (χ2n) is 10.8. The van der Waals surface area contributed by atoms with E-state index in [4.69, 9.17) is 4.74 Å². The van der Waals surface area contributed by atoms with Crippen molar-refractivity contribution in [3.63, 3.8) is 0 Å². The van der Waals surface area contributed by atoms with Gasteiger partial charge in [-0.15, -0.1) is 0 Å². The van der Waals surface area contributed by atoms with Crippen molar-refractivity contribution in [3.8, 4) is 45.9 Å². The van der Waals surface area contributed by atoms with Gasteiger partial charge in [-0.3, -0.25) is 9.59 Å². The Morgan fingerprint density at radius 2 is 1.81 bits per heavy atom. The number of benzene rings is 3. The van der Waals surface area contributed by atoms with Crippen molar-refractivity contribution in [2.45, 2.75) is 25.4 Å². The van der Waals surface area contributed by atoms with Gasteiger partial charge in [0.15, 0.2) is 11.5 Å². The number of phenols is 1. The summed E-state index contributed by atoms with van der Waals surface area (Å²) in [5.74, 6) is -0.194. The van der Waals surface area contributed by atoms with E-state index in [-0.39, 0.29) is 17.9 Å². The maximum atomic E-state index is 11.5. The molecule has 4 aromatic rings. The lowest BCUT2D eigenvalue weighted by molar-refractivity contribution is -0.144. The average Bonchev–Trinajstić information content (AvgIpc) is 3.12. The standard InChI is InChI=1S/C36H32N6O5/c1-46-34-12-8-26(18-33(34)44)30-10-11-32(31(20-38)36(30)27-7-9-29(19-37)40-22-27)42-16-14-28(15-17-42)39-21-25-4-2-24(3-5-25)6-13-35(45)41-47-23-43/h2-13,18,22-23,28,39,44H,14-17,21H2,1H3,(H,41,45)/b13-6+. The number of carbonyl (C=O) groups excluding carboxylic acids is 2. The Hall–Kier alpha value is -6.17. The molecule has 11 heteroatoms. The lowest BCUT2D eigenvalue weighted by Crippen LogP contribution is -2.42. The third kappa shape index (κ3) is 7.74. The molecule has 0 atom stereocenters. The number of hydrogen-bond donors (Lipinski definition) is 3. The fourth-order valence-electron chi connectivity index (χ4n) is 5.60. The number of ether oxygens (including phenoxy) is 1. The molecule has 1 aliphatic heterocycles. The van der Waals surface area contributed by atoms with Crippen LogP contribution in [0.1, 0.15) is 35.2 Å². The van der Waals surface area contributed by atoms with Crippen LogP contribution in [0.5, 0.6) is 11.5 Å². The number of amides is 1. The van der Waals surface area contributed by atoms with Crippen LogP contribution in [0.4, 0.5) is 5.69 Å². The van der Waals surface area contributed by atoms with Crippen LogP contribution in [0.2, 0.25) is 0 Å². The first-order chi connectivity index (χ1) is 22.9. The molecule has 0 radical (unpaired) electrons. The normalized spacial score (nSPS) is 13.0. The second-order valence-corrected chi connectivity index (χ2v) is 10.8. The molecule has 11 nitrogen and oxygen atoms in total. The Morgan fingerprint density at radius 1 is 1.04 bits per heavy atom. The van der Waals surface area contributed by atoms with E-state index in [1.165, 1.54) is 13.2 Å². The topological polar surface area (TPSA) is 161 Å². The van der Waals surface area contributed by atoms with Gasteiger partial charge in [0.2, 0.25) is 0 Å². The van der Waals surface area contributed by atoms with E-state index in [1.807, 2.05) is 54.0 Å². The first-order valence-electron chi connectivity index (χ1n) is 14.9. The van der Waals surface area contributed by atoms with Gasteiger partial charge in [-0.1, -0.05) is 36.4 Å². The molecule has 1 aromatic heterocycles. The number of rotatable bonds is 11. The van der Waals surface area contributed by atoms with Crippen LogP contribution in [-0.4, -0.2) is 48.7 Å². The highest BCUT2D eigenvalue weighted by molar-refractivity contribution is 5.92. The number of carbonyl (C=O) groups is 2. The van der Waals surface area contributed by atoms with Gasteiger partial charge < -0.3 is 24.9 Å². The molecule has 1 aliphatic rings. The monoisotopic (exact) mass is 628 g/mol. The number of hydrogen-bond acceptors (Lipinski definition) is 10. The number of hydroxylamine groups is 1. The quantitative estimate of drug-likeness (QED) is 0.119. The van der Waals surface area contributed by atoms with Gasteiger partial charge in [0.25, 0.3) is 5.91 Å². The number of aromatic hydroxyl groups is 1. The van der Waals surface area contributed by atoms with E-state index < -0.39 is 5.91 Å². The van der Waals surface area contributed by atoms with Gasteiger partial charge in [0.05, 0.1) is 18.4 Å². The number of nitriles is 2. The van der Waals surface area contributed by atoms with Gasteiger partial charge in [-0.05, 0) is 71.5 Å². The Bertz CT molecular complexity index is 1850. The molecule has 3 aromatic carbocycles. The maximum absolute atomic E-state index is 11.5. The Morgan fingerprint density at radius 3 is 2.45 bits per heavy atom. The summed E-state index contributed by atoms with van der Waals surface area (Å²) in [6.45, 7) is 2.33. The molecule has 236 valence electrons. The summed E-state index contributed by atoms with van der Waals surface area (Å²) in [4.78, 5) is 32.4. The lowest BCUT2D eigenvalue weighted by atomic mass is 9.89. The number of methoxy groups -OCH3 is 1. The number of anilines is 1. The van der Waals surface area contributed by atoms with Crippen LogP contribution in [-0.2, 0) is 21.0 Å². The van der Waals surface area contributed by atoms with Crippen molar-refractivity contribution in [1.82, 2.24) is 15.8 Å². The Labute approximate surface area is 272 Å². The summed E-state index contributed by atoms with van der Waals surface area (Å²) in [7, 11) is 1.49. The highest BCUT2D eigenvalue weighted by atomic mass is 16.7. The van der Waals surface area contributed by atoms with Crippen molar-refractivity contribution >= 4 is 24.1 Å². The van der Waals surface area contributed by atoms with E-state index in [1.54, 1.807) is 36.5 Å². The largest absolute Gasteiger partial charge is 0.504 e. The van der Waals surface area contributed by atoms with Crippen LogP contribution < -0.4 is 20.4 Å². The molecule has 0 unspecified atom stereocenters. The predicted molar refractivity (Wildman–Crippen MR) is 176 cm³/mol. The summed E-state index contributed by atoms with van der Waals surface area (Å²) in [6.07, 6.45) is 6.27. The molecule has 0 aliphatic carbocycles. The first kappa shape index (κ1) is 32.2. The average molecular weight is 629 g/mol. The predicted octanol–water partition coefficient (Wildman–Crippen LogP) is 4.85. The molecule has 0 bridgehead atoms. The maximum Gasteiger partial charge on any atom is 0.320 e. The summed E-state index contributed by atoms with van der Waals surface area (Å²) in [6, 6.07) is 25.0. The number of phenolic OH excluding ortho intramolecular Hbond substituents is 1. The molecule has 1 saturated heterocycles. The van der Waals surface area contributed by atoms with Gasteiger partial charge in [-0.2, -0.15) is 16.0 Å². The van der Waals surface area contributed by atoms with Crippen LogP contribution in [0.3, 0.4) is 0 Å². The summed E-state index contributed by atoms with van der Waals surface area (Å²) in [5.41, 5.74) is 8.35. The Kier molecular flexibility index (Phi) is 10.4. The van der Waals surface area contributed by atoms with Crippen molar-refractivity contribution in [1.29, 1.82) is 10.5 Å². The molecular weight excluding hydrogens is 596 g/mol. The van der Waals surface area contributed by atoms with E-state index >= 15 is 0 Å². The Balaban J connectivity index is 1.30. The van der Waals surface area contributed by atoms with E-state index in [0.717, 1.165) is 48.3 Å². The van der Waals surface area contributed by atoms with E-state index in [0.29, 0.717) is 40.6 Å². The minimum atomic E-state index is -0.535. The van der Waals surface area contributed by atoms with Crippen molar-refractivity contribution < 1.29 is 24.3 Å². The molecule has 47 heavy (non-hydrogen) atoms. The molecular formula is C36H32N6O5.